The highest BCUT2D eigenvalue weighted by molar-refractivity contribution is 5.83. The molecule has 6 heteroatoms. The third-order valence-electron chi connectivity index (χ3n) is 10.7. The second-order valence-corrected chi connectivity index (χ2v) is 15.8. The zero-order valence-electron chi connectivity index (χ0n) is 35.7. The van der Waals surface area contributed by atoms with Gasteiger partial charge in [-0.15, -0.1) is 0 Å². The van der Waals surface area contributed by atoms with Crippen LogP contribution >= 0.6 is 0 Å². The molecule has 0 N–H and O–H groups in total. The summed E-state index contributed by atoms with van der Waals surface area (Å²) in [4.78, 5) is 38.3. The Morgan fingerprint density at radius 3 is 1.39 bits per heavy atom. The summed E-state index contributed by atoms with van der Waals surface area (Å²) in [5.74, 6) is 0.299. The van der Waals surface area contributed by atoms with Crippen LogP contribution in [0.15, 0.2) is 82.2 Å². The first kappa shape index (κ1) is 47.4. The van der Waals surface area contributed by atoms with Crippen LogP contribution in [0.1, 0.15) is 194 Å². The summed E-state index contributed by atoms with van der Waals surface area (Å²) in [6, 6.07) is 11.8. The van der Waals surface area contributed by atoms with E-state index < -0.39 is 0 Å². The van der Waals surface area contributed by atoms with Gasteiger partial charge in [0.25, 0.3) is 0 Å². The maximum Gasteiger partial charge on any atom is 0.311 e. The van der Waals surface area contributed by atoms with Gasteiger partial charge >= 0.3 is 11.9 Å². The molecule has 314 valence electrons. The van der Waals surface area contributed by atoms with Crippen LogP contribution in [0.2, 0.25) is 0 Å². The highest BCUT2D eigenvalue weighted by Crippen LogP contribution is 2.25. The van der Waals surface area contributed by atoms with E-state index in [1.54, 1.807) is 42.5 Å². The first-order chi connectivity index (χ1) is 28.0. The molecule has 0 aliphatic rings. The van der Waals surface area contributed by atoms with Gasteiger partial charge in [0.15, 0.2) is 5.43 Å². The topological polar surface area (TPSA) is 82.8 Å². The van der Waals surface area contributed by atoms with E-state index in [9.17, 15) is 14.4 Å². The lowest BCUT2D eigenvalue weighted by Crippen LogP contribution is -2.09. The van der Waals surface area contributed by atoms with E-state index in [4.69, 9.17) is 13.9 Å². The summed E-state index contributed by atoms with van der Waals surface area (Å²) >= 11 is 0. The maximum atomic E-state index is 13.4. The van der Waals surface area contributed by atoms with Crippen molar-refractivity contribution in [2.24, 2.45) is 0 Å². The minimum Gasteiger partial charge on any atom is -0.463 e. The fraction of sp³-hybridized carbons (Fsp3) is 0.588. The number of ether oxygens (including phenoxy) is 2. The molecule has 3 rings (SSSR count). The van der Waals surface area contributed by atoms with Crippen molar-refractivity contribution in [3.63, 3.8) is 0 Å². The zero-order valence-corrected chi connectivity index (χ0v) is 35.7. The molecular weight excluding hydrogens is 709 g/mol. The van der Waals surface area contributed by atoms with Crippen LogP contribution in [0, 0.1) is 0 Å². The predicted octanol–water partition coefficient (Wildman–Crippen LogP) is 15.3. The quantitative estimate of drug-likeness (QED) is 0.0265. The normalized spacial score (nSPS) is 11.6. The second-order valence-electron chi connectivity index (χ2n) is 15.8. The van der Waals surface area contributed by atoms with Gasteiger partial charge in [0.1, 0.15) is 23.3 Å². The largest absolute Gasteiger partial charge is 0.463 e. The minimum absolute atomic E-state index is 0.184. The Balaban J connectivity index is 1.27. The van der Waals surface area contributed by atoms with E-state index in [1.165, 1.54) is 122 Å². The van der Waals surface area contributed by atoms with E-state index in [0.717, 1.165) is 51.4 Å². The van der Waals surface area contributed by atoms with Gasteiger partial charge in [0.05, 0.1) is 10.9 Å². The Hall–Kier alpha value is -3.93. The fourth-order valence-corrected chi connectivity index (χ4v) is 7.12. The lowest BCUT2D eigenvalue weighted by Gasteiger charge is -2.08. The molecule has 0 saturated carbocycles. The molecule has 0 aliphatic heterocycles. The van der Waals surface area contributed by atoms with Crippen molar-refractivity contribution in [1.82, 2.24) is 0 Å². The number of allylic oxidation sites excluding steroid dienone is 4. The van der Waals surface area contributed by atoms with E-state index in [2.05, 4.69) is 38.2 Å². The SMILES string of the molecule is CCCCCCCC/C=C\CCCCCCCC(=O)Oc1ccc(-c2coc3cc(OC(=O)CCCCCCC/C=C\CCCCCCCC)ccc3c2=O)cc1. The van der Waals surface area contributed by atoms with Gasteiger partial charge in [0, 0.05) is 18.9 Å². The maximum absolute atomic E-state index is 13.4. The van der Waals surface area contributed by atoms with Gasteiger partial charge in [-0.1, -0.05) is 153 Å². The molecule has 1 heterocycles. The van der Waals surface area contributed by atoms with Crippen molar-refractivity contribution in [3.8, 4) is 22.6 Å². The van der Waals surface area contributed by atoms with Gasteiger partial charge in [-0.2, -0.15) is 0 Å². The summed E-state index contributed by atoms with van der Waals surface area (Å²) in [5.41, 5.74) is 1.24. The van der Waals surface area contributed by atoms with Crippen LogP contribution in [-0.2, 0) is 9.59 Å². The Kier molecular flexibility index (Phi) is 25.9. The van der Waals surface area contributed by atoms with Gasteiger partial charge in [-0.05, 0) is 94.0 Å². The second kappa shape index (κ2) is 31.1. The minimum atomic E-state index is -0.278. The summed E-state index contributed by atoms with van der Waals surface area (Å²) in [7, 11) is 0. The highest BCUT2D eigenvalue weighted by atomic mass is 16.5. The summed E-state index contributed by atoms with van der Waals surface area (Å²) in [6.45, 7) is 4.52. The number of carbonyl (C=O) groups excluding carboxylic acids is 2. The Bertz CT molecular complexity index is 1630. The highest BCUT2D eigenvalue weighted by Gasteiger charge is 2.13. The van der Waals surface area contributed by atoms with Crippen molar-refractivity contribution in [1.29, 1.82) is 0 Å². The van der Waals surface area contributed by atoms with Crippen LogP contribution in [0.25, 0.3) is 22.1 Å². The van der Waals surface area contributed by atoms with E-state index >= 15 is 0 Å². The fourth-order valence-electron chi connectivity index (χ4n) is 7.12. The first-order valence-electron chi connectivity index (χ1n) is 22.9. The molecule has 0 fully saturated rings. The standard InChI is InChI=1S/C51H74O6/c1-3-5-7-9-11-13-15-17-19-21-23-25-27-29-31-33-49(52)56-44-37-35-43(36-38-44)47-42-55-48-41-45(39-40-46(48)51(47)54)57-50(53)34-32-30-28-26-24-22-20-18-16-14-12-10-8-6-4-2/h17-20,35-42H,3-16,21-34H2,1-2H3/b19-17-,20-18-. The summed E-state index contributed by atoms with van der Waals surface area (Å²) < 4.78 is 16.9. The first-order valence-corrected chi connectivity index (χ1v) is 22.9. The molecule has 2 aromatic carbocycles. The van der Waals surface area contributed by atoms with Crippen molar-refractivity contribution in [3.05, 3.63) is 83.3 Å². The Labute approximate surface area is 344 Å². The number of rotatable bonds is 33. The van der Waals surface area contributed by atoms with Crippen molar-refractivity contribution in [2.45, 2.75) is 194 Å². The van der Waals surface area contributed by atoms with Crippen molar-refractivity contribution in [2.75, 3.05) is 0 Å². The van der Waals surface area contributed by atoms with Gasteiger partial charge in [-0.25, -0.2) is 0 Å². The number of hydrogen-bond donors (Lipinski definition) is 0. The Morgan fingerprint density at radius 2 is 0.912 bits per heavy atom. The van der Waals surface area contributed by atoms with Crippen LogP contribution in [0.5, 0.6) is 11.5 Å². The number of unbranched alkanes of at least 4 members (excludes halogenated alkanes) is 22. The molecular formula is C51H74O6. The molecule has 1 aromatic heterocycles. The molecule has 0 saturated heterocycles. The number of fused-ring (bicyclic) bond motifs is 1. The average molecular weight is 783 g/mol. The third-order valence-corrected chi connectivity index (χ3v) is 10.7. The van der Waals surface area contributed by atoms with E-state index in [-0.39, 0.29) is 17.4 Å². The third kappa shape index (κ3) is 21.4. The number of benzene rings is 2. The smallest absolute Gasteiger partial charge is 0.311 e. The van der Waals surface area contributed by atoms with Crippen LogP contribution in [-0.4, -0.2) is 11.9 Å². The molecule has 0 aliphatic carbocycles. The monoisotopic (exact) mass is 783 g/mol. The summed E-state index contributed by atoms with van der Waals surface area (Å²) in [6.07, 6.45) is 43.0. The predicted molar refractivity (Wildman–Crippen MR) is 238 cm³/mol. The molecule has 0 bridgehead atoms. The molecule has 0 amide bonds. The lowest BCUT2D eigenvalue weighted by atomic mass is 10.1. The number of carbonyl (C=O) groups is 2. The van der Waals surface area contributed by atoms with Crippen molar-refractivity contribution >= 4 is 22.9 Å². The average Bonchev–Trinajstić information content (AvgIpc) is 3.21. The van der Waals surface area contributed by atoms with Crippen LogP contribution in [0.3, 0.4) is 0 Å². The molecule has 57 heavy (non-hydrogen) atoms. The van der Waals surface area contributed by atoms with Crippen LogP contribution < -0.4 is 14.9 Å². The van der Waals surface area contributed by atoms with Crippen LogP contribution in [0.4, 0.5) is 0 Å². The molecule has 3 aromatic rings. The number of hydrogen-bond acceptors (Lipinski definition) is 6. The molecule has 6 nitrogen and oxygen atoms in total. The molecule has 0 spiro atoms. The number of esters is 2. The lowest BCUT2D eigenvalue weighted by molar-refractivity contribution is -0.135. The van der Waals surface area contributed by atoms with E-state index in [1.807, 2.05) is 0 Å². The van der Waals surface area contributed by atoms with E-state index in [0.29, 0.717) is 46.4 Å². The zero-order chi connectivity index (χ0) is 40.6. The molecule has 0 atom stereocenters. The Morgan fingerprint density at radius 1 is 0.509 bits per heavy atom. The molecule has 0 unspecified atom stereocenters. The van der Waals surface area contributed by atoms with Gasteiger partial charge < -0.3 is 13.9 Å². The van der Waals surface area contributed by atoms with Gasteiger partial charge in [-0.3, -0.25) is 14.4 Å². The summed E-state index contributed by atoms with van der Waals surface area (Å²) in [5, 5.41) is 0.403. The molecule has 0 radical (unpaired) electrons. The van der Waals surface area contributed by atoms with Crippen molar-refractivity contribution < 1.29 is 23.5 Å². The van der Waals surface area contributed by atoms with Gasteiger partial charge in [0.2, 0.25) is 0 Å².